The van der Waals surface area contributed by atoms with E-state index >= 15 is 0 Å². The monoisotopic (exact) mass is 322 g/mol. The van der Waals surface area contributed by atoms with Gasteiger partial charge in [0.15, 0.2) is 0 Å². The van der Waals surface area contributed by atoms with Crippen molar-refractivity contribution in [3.63, 3.8) is 0 Å². The lowest BCUT2D eigenvalue weighted by atomic mass is 10.1. The molecular weight excluding hydrogens is 303 g/mol. The predicted octanol–water partition coefficient (Wildman–Crippen LogP) is 1.55. The Labute approximate surface area is 133 Å². The molecule has 2 unspecified atom stereocenters. The predicted molar refractivity (Wildman–Crippen MR) is 81.3 cm³/mol. The first-order valence-electron chi connectivity index (χ1n) is 7.52. The van der Waals surface area contributed by atoms with Gasteiger partial charge >= 0.3 is 5.97 Å². The molecule has 0 aliphatic carbocycles. The van der Waals surface area contributed by atoms with Gasteiger partial charge in [0.2, 0.25) is 11.8 Å². The molecule has 124 valence electrons. The molecule has 1 fully saturated rings. The van der Waals surface area contributed by atoms with E-state index in [1.54, 1.807) is 6.07 Å². The lowest BCUT2D eigenvalue weighted by Gasteiger charge is -2.18. The van der Waals surface area contributed by atoms with Crippen LogP contribution in [-0.2, 0) is 14.4 Å². The van der Waals surface area contributed by atoms with Gasteiger partial charge in [-0.2, -0.15) is 0 Å². The Kier molecular flexibility index (Phi) is 5.31. The van der Waals surface area contributed by atoms with Gasteiger partial charge in [-0.1, -0.05) is 25.5 Å². The van der Waals surface area contributed by atoms with Crippen molar-refractivity contribution in [1.29, 1.82) is 0 Å². The molecule has 1 aliphatic rings. The summed E-state index contributed by atoms with van der Waals surface area (Å²) in [6.07, 6.45) is 0.875. The highest BCUT2D eigenvalue weighted by Gasteiger charge is 2.37. The van der Waals surface area contributed by atoms with E-state index in [9.17, 15) is 18.8 Å². The van der Waals surface area contributed by atoms with Crippen molar-refractivity contribution in [1.82, 2.24) is 5.32 Å². The highest BCUT2D eigenvalue weighted by atomic mass is 19.1. The molecule has 2 amide bonds. The number of hydrogen-bond donors (Lipinski definition) is 2. The number of nitrogens with one attached hydrogen (secondary N) is 1. The third-order valence-corrected chi connectivity index (χ3v) is 3.83. The summed E-state index contributed by atoms with van der Waals surface area (Å²) < 4.78 is 13.8. The molecule has 0 aromatic heterocycles. The molecule has 6 nitrogen and oxygen atoms in total. The first-order chi connectivity index (χ1) is 10.9. The van der Waals surface area contributed by atoms with Crippen LogP contribution >= 0.6 is 0 Å². The van der Waals surface area contributed by atoms with E-state index < -0.39 is 29.7 Å². The van der Waals surface area contributed by atoms with E-state index in [4.69, 9.17) is 5.11 Å². The Hall–Kier alpha value is -2.44. The smallest absolute Gasteiger partial charge is 0.326 e. The second kappa shape index (κ2) is 7.21. The van der Waals surface area contributed by atoms with Crippen molar-refractivity contribution in [3.05, 3.63) is 30.1 Å². The van der Waals surface area contributed by atoms with Gasteiger partial charge in [0.25, 0.3) is 0 Å². The standard InChI is InChI=1S/C16H19FN2O4/c1-2-5-12(16(22)23)18-15(21)10-8-14(20)19(9-10)13-7-4-3-6-11(13)17/h3-4,6-7,10,12H,2,5,8-9H2,1H3,(H,18,21)(H,22,23). The van der Waals surface area contributed by atoms with Gasteiger partial charge in [0, 0.05) is 13.0 Å². The molecule has 0 radical (unpaired) electrons. The number of anilines is 1. The summed E-state index contributed by atoms with van der Waals surface area (Å²) in [7, 11) is 0. The van der Waals surface area contributed by atoms with Crippen molar-refractivity contribution in [3.8, 4) is 0 Å². The number of rotatable bonds is 6. The molecule has 1 aliphatic heterocycles. The zero-order valence-corrected chi connectivity index (χ0v) is 12.8. The van der Waals surface area contributed by atoms with Gasteiger partial charge in [0.1, 0.15) is 11.9 Å². The number of carboxylic acid groups (broad SMARTS) is 1. The number of halogens is 1. The van der Waals surface area contributed by atoms with Gasteiger partial charge in [-0.05, 0) is 18.6 Å². The van der Waals surface area contributed by atoms with E-state index in [1.165, 1.54) is 23.1 Å². The van der Waals surface area contributed by atoms with E-state index in [0.29, 0.717) is 12.8 Å². The third-order valence-electron chi connectivity index (χ3n) is 3.83. The molecule has 0 saturated carbocycles. The summed E-state index contributed by atoms with van der Waals surface area (Å²) in [4.78, 5) is 36.6. The number of carbonyl (C=O) groups is 3. The van der Waals surface area contributed by atoms with Crippen LogP contribution in [0.2, 0.25) is 0 Å². The second-order valence-electron chi connectivity index (χ2n) is 5.54. The number of carboxylic acids is 1. The number of para-hydroxylation sites is 1. The van der Waals surface area contributed by atoms with Crippen LogP contribution < -0.4 is 10.2 Å². The SMILES string of the molecule is CCCC(NC(=O)C1CC(=O)N(c2ccccc2F)C1)C(=O)O. The molecule has 2 rings (SSSR count). The van der Waals surface area contributed by atoms with Gasteiger partial charge in [0.05, 0.1) is 11.6 Å². The Balaban J connectivity index is 2.06. The Morgan fingerprint density at radius 1 is 1.43 bits per heavy atom. The zero-order chi connectivity index (χ0) is 17.0. The molecule has 7 heteroatoms. The normalized spacial score (nSPS) is 18.8. The van der Waals surface area contributed by atoms with Crippen LogP contribution in [0.5, 0.6) is 0 Å². The minimum atomic E-state index is -1.10. The van der Waals surface area contributed by atoms with Crippen LogP contribution in [0, 0.1) is 11.7 Å². The molecule has 1 saturated heterocycles. The molecule has 1 aromatic carbocycles. The lowest BCUT2D eigenvalue weighted by molar-refractivity contribution is -0.142. The van der Waals surface area contributed by atoms with E-state index in [-0.39, 0.29) is 24.6 Å². The first kappa shape index (κ1) is 16.9. The summed E-state index contributed by atoms with van der Waals surface area (Å²) in [6, 6.07) is 4.89. The molecule has 2 atom stereocenters. The van der Waals surface area contributed by atoms with Crippen LogP contribution in [0.25, 0.3) is 0 Å². The van der Waals surface area contributed by atoms with Crippen LogP contribution in [0.3, 0.4) is 0 Å². The van der Waals surface area contributed by atoms with E-state index in [0.717, 1.165) is 0 Å². The Morgan fingerprint density at radius 2 is 2.13 bits per heavy atom. The third kappa shape index (κ3) is 3.85. The minimum absolute atomic E-state index is 0.0457. The van der Waals surface area contributed by atoms with Crippen LogP contribution in [0.15, 0.2) is 24.3 Å². The average molecular weight is 322 g/mol. The fourth-order valence-electron chi connectivity index (χ4n) is 2.62. The van der Waals surface area contributed by atoms with Crippen molar-refractivity contribution in [2.24, 2.45) is 5.92 Å². The summed E-state index contributed by atoms with van der Waals surface area (Å²) in [5, 5.41) is 11.5. The Bertz CT molecular complexity index is 620. The van der Waals surface area contributed by atoms with Crippen molar-refractivity contribution in [2.75, 3.05) is 11.4 Å². The number of benzene rings is 1. The van der Waals surface area contributed by atoms with Crippen molar-refractivity contribution in [2.45, 2.75) is 32.2 Å². The fourth-order valence-corrected chi connectivity index (χ4v) is 2.62. The number of nitrogens with zero attached hydrogens (tertiary/aromatic N) is 1. The second-order valence-corrected chi connectivity index (χ2v) is 5.54. The van der Waals surface area contributed by atoms with Crippen molar-refractivity contribution >= 4 is 23.5 Å². The molecule has 1 aromatic rings. The average Bonchev–Trinajstić information content (AvgIpc) is 2.89. The maximum atomic E-state index is 13.8. The van der Waals surface area contributed by atoms with E-state index in [1.807, 2.05) is 6.92 Å². The topological polar surface area (TPSA) is 86.7 Å². The summed E-state index contributed by atoms with van der Waals surface area (Å²) in [5.74, 6) is -3.15. The molecule has 1 heterocycles. The number of aliphatic carboxylic acids is 1. The quantitative estimate of drug-likeness (QED) is 0.832. The summed E-state index contributed by atoms with van der Waals surface area (Å²) in [6.45, 7) is 1.87. The first-order valence-corrected chi connectivity index (χ1v) is 7.52. The van der Waals surface area contributed by atoms with Gasteiger partial charge in [-0.3, -0.25) is 9.59 Å². The van der Waals surface area contributed by atoms with Crippen LogP contribution in [0.1, 0.15) is 26.2 Å². The summed E-state index contributed by atoms with van der Waals surface area (Å²) in [5.41, 5.74) is 0.135. The van der Waals surface area contributed by atoms with Crippen molar-refractivity contribution < 1.29 is 23.9 Å². The lowest BCUT2D eigenvalue weighted by Crippen LogP contribution is -2.44. The maximum Gasteiger partial charge on any atom is 0.326 e. The molecule has 2 N–H and O–H groups in total. The van der Waals surface area contributed by atoms with Crippen LogP contribution in [0.4, 0.5) is 10.1 Å². The highest BCUT2D eigenvalue weighted by molar-refractivity contribution is 6.00. The fraction of sp³-hybridized carbons (Fsp3) is 0.438. The van der Waals surface area contributed by atoms with Gasteiger partial charge in [-0.25, -0.2) is 9.18 Å². The summed E-state index contributed by atoms with van der Waals surface area (Å²) >= 11 is 0. The molecular formula is C16H19FN2O4. The van der Waals surface area contributed by atoms with Gasteiger partial charge in [-0.15, -0.1) is 0 Å². The molecule has 0 bridgehead atoms. The minimum Gasteiger partial charge on any atom is -0.480 e. The largest absolute Gasteiger partial charge is 0.480 e. The number of amides is 2. The highest BCUT2D eigenvalue weighted by Crippen LogP contribution is 2.27. The Morgan fingerprint density at radius 3 is 2.74 bits per heavy atom. The van der Waals surface area contributed by atoms with Crippen LogP contribution in [-0.4, -0.2) is 35.5 Å². The number of hydrogen-bond acceptors (Lipinski definition) is 3. The maximum absolute atomic E-state index is 13.8. The van der Waals surface area contributed by atoms with E-state index in [2.05, 4.69) is 5.32 Å². The van der Waals surface area contributed by atoms with Gasteiger partial charge < -0.3 is 15.3 Å². The zero-order valence-electron chi connectivity index (χ0n) is 12.8. The molecule has 23 heavy (non-hydrogen) atoms. The molecule has 0 spiro atoms. The number of carbonyl (C=O) groups excluding carboxylic acids is 2.